The van der Waals surface area contributed by atoms with Gasteiger partial charge in [0.2, 0.25) is 0 Å². The van der Waals surface area contributed by atoms with Crippen LogP contribution in [0.4, 0.5) is 10.5 Å². The Kier molecular flexibility index (Phi) is 9.06. The van der Waals surface area contributed by atoms with Crippen molar-refractivity contribution in [1.29, 1.82) is 0 Å². The van der Waals surface area contributed by atoms with Crippen molar-refractivity contribution in [2.45, 2.75) is 25.9 Å². The fourth-order valence-electron chi connectivity index (χ4n) is 3.07. The lowest BCUT2D eigenvalue weighted by Gasteiger charge is -2.17. The summed E-state index contributed by atoms with van der Waals surface area (Å²) in [4.78, 5) is 18.3. The van der Waals surface area contributed by atoms with Crippen LogP contribution in [0.5, 0.6) is 0 Å². The molecule has 0 aromatic heterocycles. The molecule has 28 heavy (non-hydrogen) atoms. The SMILES string of the molecule is CN=C(NCc1ccccc1)NCc1cccc(NC(=O)N2CCCC2)c1.I. The molecule has 0 atom stereocenters. The molecule has 3 rings (SSSR count). The Bertz CT molecular complexity index is 775. The minimum atomic E-state index is -0.0158. The molecule has 1 aliphatic heterocycles. The topological polar surface area (TPSA) is 68.8 Å². The van der Waals surface area contributed by atoms with Crippen LogP contribution in [-0.2, 0) is 13.1 Å². The van der Waals surface area contributed by atoms with E-state index >= 15 is 0 Å². The molecule has 0 spiro atoms. The maximum absolute atomic E-state index is 12.2. The first-order chi connectivity index (χ1) is 13.2. The molecule has 0 aliphatic carbocycles. The van der Waals surface area contributed by atoms with Crippen LogP contribution in [0.3, 0.4) is 0 Å². The van der Waals surface area contributed by atoms with Gasteiger partial charge in [-0.2, -0.15) is 0 Å². The number of aliphatic imine (C=N–C) groups is 1. The quantitative estimate of drug-likeness (QED) is 0.337. The lowest BCUT2D eigenvalue weighted by molar-refractivity contribution is 0.222. The van der Waals surface area contributed by atoms with E-state index in [0.717, 1.165) is 43.1 Å². The number of amides is 2. The van der Waals surface area contributed by atoms with E-state index in [4.69, 9.17) is 0 Å². The molecule has 1 saturated heterocycles. The smallest absolute Gasteiger partial charge is 0.321 e. The highest BCUT2D eigenvalue weighted by atomic mass is 127. The highest BCUT2D eigenvalue weighted by molar-refractivity contribution is 14.0. The summed E-state index contributed by atoms with van der Waals surface area (Å²) in [5.74, 6) is 0.741. The molecule has 3 N–H and O–H groups in total. The molecule has 0 radical (unpaired) electrons. The Balaban J connectivity index is 0.00000280. The van der Waals surface area contributed by atoms with Gasteiger partial charge in [-0.05, 0) is 36.1 Å². The van der Waals surface area contributed by atoms with Gasteiger partial charge in [-0.3, -0.25) is 4.99 Å². The molecule has 1 fully saturated rings. The molecule has 1 heterocycles. The number of likely N-dealkylation sites (tertiary alicyclic amines) is 1. The van der Waals surface area contributed by atoms with Gasteiger partial charge in [0, 0.05) is 38.9 Å². The molecule has 0 bridgehead atoms. The Morgan fingerprint density at radius 2 is 1.61 bits per heavy atom. The molecular weight excluding hydrogens is 465 g/mol. The average molecular weight is 493 g/mol. The number of benzene rings is 2. The van der Waals surface area contributed by atoms with Crippen LogP contribution in [0.25, 0.3) is 0 Å². The van der Waals surface area contributed by atoms with Crippen molar-refractivity contribution in [3.05, 3.63) is 65.7 Å². The maximum atomic E-state index is 12.2. The number of nitrogens with zero attached hydrogens (tertiary/aromatic N) is 2. The zero-order chi connectivity index (χ0) is 18.9. The molecule has 150 valence electrons. The van der Waals surface area contributed by atoms with Gasteiger partial charge < -0.3 is 20.9 Å². The van der Waals surface area contributed by atoms with E-state index in [1.54, 1.807) is 7.05 Å². The molecule has 0 saturated carbocycles. The number of guanidine groups is 1. The van der Waals surface area contributed by atoms with E-state index in [2.05, 4.69) is 33.1 Å². The van der Waals surface area contributed by atoms with Crippen LogP contribution in [0, 0.1) is 0 Å². The Labute approximate surface area is 183 Å². The van der Waals surface area contributed by atoms with Gasteiger partial charge in [0.05, 0.1) is 0 Å². The van der Waals surface area contributed by atoms with Crippen LogP contribution >= 0.6 is 24.0 Å². The number of carbonyl (C=O) groups is 1. The molecule has 6 nitrogen and oxygen atoms in total. The van der Waals surface area contributed by atoms with Gasteiger partial charge in [-0.15, -0.1) is 24.0 Å². The maximum Gasteiger partial charge on any atom is 0.321 e. The number of anilines is 1. The predicted octanol–water partition coefficient (Wildman–Crippen LogP) is 3.80. The van der Waals surface area contributed by atoms with Crippen LogP contribution < -0.4 is 16.0 Å². The van der Waals surface area contributed by atoms with Crippen molar-refractivity contribution in [3.8, 4) is 0 Å². The summed E-state index contributed by atoms with van der Waals surface area (Å²) in [6, 6.07) is 18.1. The number of hydrogen-bond acceptors (Lipinski definition) is 2. The van der Waals surface area contributed by atoms with Gasteiger partial charge in [0.25, 0.3) is 0 Å². The summed E-state index contributed by atoms with van der Waals surface area (Å²) < 4.78 is 0. The number of nitrogens with one attached hydrogen (secondary N) is 3. The number of rotatable bonds is 5. The molecule has 0 unspecified atom stereocenters. The van der Waals surface area contributed by atoms with Crippen molar-refractivity contribution in [2.75, 3.05) is 25.5 Å². The first kappa shape index (κ1) is 22.0. The standard InChI is InChI=1S/C21H27N5O.HI/c1-22-20(23-15-17-8-3-2-4-9-17)24-16-18-10-7-11-19(14-18)25-21(27)26-12-5-6-13-26;/h2-4,7-11,14H,5-6,12-13,15-16H2,1H3,(H,25,27)(H2,22,23,24);1H. The van der Waals surface area contributed by atoms with E-state index in [1.165, 1.54) is 5.56 Å². The van der Waals surface area contributed by atoms with E-state index < -0.39 is 0 Å². The summed E-state index contributed by atoms with van der Waals surface area (Å²) in [6.07, 6.45) is 2.18. The van der Waals surface area contributed by atoms with E-state index in [1.807, 2.05) is 47.4 Å². The van der Waals surface area contributed by atoms with Crippen molar-refractivity contribution >= 4 is 41.7 Å². The fourth-order valence-corrected chi connectivity index (χ4v) is 3.07. The van der Waals surface area contributed by atoms with Crippen LogP contribution in [0.1, 0.15) is 24.0 Å². The second-order valence-electron chi connectivity index (χ2n) is 6.59. The summed E-state index contributed by atoms with van der Waals surface area (Å²) >= 11 is 0. The molecule has 2 aromatic carbocycles. The van der Waals surface area contributed by atoms with Gasteiger partial charge >= 0.3 is 6.03 Å². The highest BCUT2D eigenvalue weighted by Gasteiger charge is 2.17. The highest BCUT2D eigenvalue weighted by Crippen LogP contribution is 2.14. The molecule has 2 aromatic rings. The van der Waals surface area contributed by atoms with E-state index in [9.17, 15) is 4.79 Å². The van der Waals surface area contributed by atoms with Gasteiger partial charge in [-0.25, -0.2) is 4.79 Å². The fraction of sp³-hybridized carbons (Fsp3) is 0.333. The molecular formula is C21H28IN5O. The number of carbonyl (C=O) groups excluding carboxylic acids is 1. The zero-order valence-electron chi connectivity index (χ0n) is 16.1. The van der Waals surface area contributed by atoms with Gasteiger partial charge in [0.1, 0.15) is 0 Å². The normalized spacial score (nSPS) is 13.6. The zero-order valence-corrected chi connectivity index (χ0v) is 18.5. The van der Waals surface area contributed by atoms with Crippen molar-refractivity contribution < 1.29 is 4.79 Å². The first-order valence-electron chi connectivity index (χ1n) is 9.38. The molecule has 2 amide bonds. The Morgan fingerprint density at radius 3 is 2.29 bits per heavy atom. The summed E-state index contributed by atoms with van der Waals surface area (Å²) in [7, 11) is 1.76. The Morgan fingerprint density at radius 1 is 0.964 bits per heavy atom. The van der Waals surface area contributed by atoms with E-state index in [-0.39, 0.29) is 30.0 Å². The number of urea groups is 1. The Hall–Kier alpha value is -2.29. The van der Waals surface area contributed by atoms with E-state index in [0.29, 0.717) is 13.1 Å². The average Bonchev–Trinajstić information content (AvgIpc) is 3.24. The lowest BCUT2D eigenvalue weighted by atomic mass is 10.2. The van der Waals surface area contributed by atoms with Crippen molar-refractivity contribution in [1.82, 2.24) is 15.5 Å². The number of hydrogen-bond donors (Lipinski definition) is 3. The second-order valence-corrected chi connectivity index (χ2v) is 6.59. The second kappa shape index (κ2) is 11.5. The predicted molar refractivity (Wildman–Crippen MR) is 125 cm³/mol. The third-order valence-electron chi connectivity index (χ3n) is 4.56. The first-order valence-corrected chi connectivity index (χ1v) is 9.38. The third kappa shape index (κ3) is 6.70. The van der Waals surface area contributed by atoms with Crippen molar-refractivity contribution in [2.24, 2.45) is 4.99 Å². The summed E-state index contributed by atoms with van der Waals surface area (Å²) in [6.45, 7) is 3.03. The van der Waals surface area contributed by atoms with Crippen LogP contribution in [0.2, 0.25) is 0 Å². The summed E-state index contributed by atoms with van der Waals surface area (Å²) in [5, 5.41) is 9.60. The van der Waals surface area contributed by atoms with Gasteiger partial charge in [0.15, 0.2) is 5.96 Å². The largest absolute Gasteiger partial charge is 0.352 e. The molecule has 7 heteroatoms. The van der Waals surface area contributed by atoms with Crippen LogP contribution in [-0.4, -0.2) is 37.0 Å². The third-order valence-corrected chi connectivity index (χ3v) is 4.56. The minimum absolute atomic E-state index is 0. The monoisotopic (exact) mass is 493 g/mol. The lowest BCUT2D eigenvalue weighted by Crippen LogP contribution is -2.36. The van der Waals surface area contributed by atoms with Crippen LogP contribution in [0.15, 0.2) is 59.6 Å². The van der Waals surface area contributed by atoms with Gasteiger partial charge in [-0.1, -0.05) is 42.5 Å². The van der Waals surface area contributed by atoms with Crippen molar-refractivity contribution in [3.63, 3.8) is 0 Å². The molecule has 1 aliphatic rings. The number of halogens is 1. The minimum Gasteiger partial charge on any atom is -0.352 e. The summed E-state index contributed by atoms with van der Waals surface area (Å²) in [5.41, 5.74) is 3.10.